The zero-order valence-electron chi connectivity index (χ0n) is 18.6. The fraction of sp³-hybridized carbons (Fsp3) is 0.375. The number of aryl methyl sites for hydroxylation is 1. The van der Waals surface area contributed by atoms with Crippen molar-refractivity contribution in [1.82, 2.24) is 24.4 Å². The number of hydrogen-bond acceptors (Lipinski definition) is 6. The molecule has 32 heavy (non-hydrogen) atoms. The van der Waals surface area contributed by atoms with Gasteiger partial charge in [-0.1, -0.05) is 18.2 Å². The van der Waals surface area contributed by atoms with Crippen molar-refractivity contribution < 1.29 is 0 Å². The molecule has 0 amide bonds. The molecule has 2 N–H and O–H groups in total. The van der Waals surface area contributed by atoms with E-state index in [2.05, 4.69) is 85.0 Å². The van der Waals surface area contributed by atoms with Crippen molar-refractivity contribution in [3.05, 3.63) is 53.1 Å². The van der Waals surface area contributed by atoms with E-state index in [0.717, 1.165) is 65.2 Å². The minimum atomic E-state index is 0.707. The number of aromatic nitrogens is 4. The van der Waals surface area contributed by atoms with Crippen molar-refractivity contribution in [2.24, 2.45) is 0 Å². The summed E-state index contributed by atoms with van der Waals surface area (Å²) in [6.45, 7) is 8.01. The average Bonchev–Trinajstić information content (AvgIpc) is 2.95. The lowest BCUT2D eigenvalue weighted by Crippen LogP contribution is -2.29. The van der Waals surface area contributed by atoms with Crippen molar-refractivity contribution >= 4 is 45.7 Å². The van der Waals surface area contributed by atoms with Crippen LogP contribution >= 0.6 is 12.2 Å². The molecule has 0 bridgehead atoms. The van der Waals surface area contributed by atoms with E-state index < -0.39 is 0 Å². The van der Waals surface area contributed by atoms with Crippen LogP contribution in [0.3, 0.4) is 0 Å². The van der Waals surface area contributed by atoms with Crippen LogP contribution in [-0.2, 0) is 13.1 Å². The van der Waals surface area contributed by atoms with Gasteiger partial charge in [0.2, 0.25) is 0 Å². The number of hydrogen-bond donors (Lipinski definition) is 2. The lowest BCUT2D eigenvalue weighted by atomic mass is 10.1. The van der Waals surface area contributed by atoms with Crippen LogP contribution in [0.5, 0.6) is 0 Å². The minimum Gasteiger partial charge on any atom is -0.370 e. The molecule has 0 aliphatic carbocycles. The van der Waals surface area contributed by atoms with Crippen LogP contribution in [0.2, 0.25) is 0 Å². The summed E-state index contributed by atoms with van der Waals surface area (Å²) < 4.78 is 2.83. The number of imidazole rings is 1. The third kappa shape index (κ3) is 3.96. The number of anilines is 2. The molecule has 5 rings (SSSR count). The Bertz CT molecular complexity index is 1310. The highest BCUT2D eigenvalue weighted by Gasteiger charge is 2.16. The van der Waals surface area contributed by atoms with Crippen molar-refractivity contribution in [2.45, 2.75) is 26.4 Å². The molecule has 8 heteroatoms. The molecule has 1 saturated heterocycles. The van der Waals surface area contributed by atoms with Crippen LogP contribution in [0.1, 0.15) is 18.9 Å². The van der Waals surface area contributed by atoms with Crippen LogP contribution in [0, 0.1) is 4.77 Å². The largest absolute Gasteiger partial charge is 0.370 e. The summed E-state index contributed by atoms with van der Waals surface area (Å²) in [5.41, 5.74) is 5.58. The zero-order valence-corrected chi connectivity index (χ0v) is 19.5. The lowest BCUT2D eigenvalue weighted by molar-refractivity contribution is 0.360. The van der Waals surface area contributed by atoms with Gasteiger partial charge in [0.15, 0.2) is 4.77 Å². The molecular formula is C24H29N7S. The second kappa shape index (κ2) is 8.88. The molecule has 1 aliphatic heterocycles. The van der Waals surface area contributed by atoms with Crippen molar-refractivity contribution in [1.29, 1.82) is 0 Å². The molecule has 1 aliphatic rings. The maximum atomic E-state index is 5.48. The summed E-state index contributed by atoms with van der Waals surface area (Å²) >= 11 is 5.48. The number of H-pyrrole nitrogens is 1. The summed E-state index contributed by atoms with van der Waals surface area (Å²) in [6.07, 6.45) is 2.81. The van der Waals surface area contributed by atoms with Gasteiger partial charge in [0.25, 0.3) is 0 Å². The first-order valence-electron chi connectivity index (χ1n) is 11.3. The van der Waals surface area contributed by atoms with Gasteiger partial charge in [-0.2, -0.15) is 0 Å². The molecule has 0 atom stereocenters. The van der Waals surface area contributed by atoms with Gasteiger partial charge in [0.1, 0.15) is 12.1 Å². The van der Waals surface area contributed by atoms with Gasteiger partial charge in [-0.15, -0.1) is 0 Å². The van der Waals surface area contributed by atoms with Crippen LogP contribution in [-0.4, -0.2) is 57.6 Å². The van der Waals surface area contributed by atoms with E-state index in [9.17, 15) is 0 Å². The van der Waals surface area contributed by atoms with E-state index in [0.29, 0.717) is 6.54 Å². The van der Waals surface area contributed by atoms with E-state index in [4.69, 9.17) is 12.2 Å². The van der Waals surface area contributed by atoms with Gasteiger partial charge in [-0.3, -0.25) is 0 Å². The maximum absolute atomic E-state index is 5.48. The molecule has 0 spiro atoms. The Labute approximate surface area is 193 Å². The highest BCUT2D eigenvalue weighted by Crippen LogP contribution is 2.27. The first kappa shape index (κ1) is 20.9. The maximum Gasteiger partial charge on any atom is 0.178 e. The second-order valence-corrected chi connectivity index (χ2v) is 8.80. The summed E-state index contributed by atoms with van der Waals surface area (Å²) in [5, 5.41) is 4.57. The number of nitrogens with one attached hydrogen (secondary N) is 2. The third-order valence-electron chi connectivity index (χ3n) is 6.34. The van der Waals surface area contributed by atoms with E-state index in [1.165, 1.54) is 17.7 Å². The number of nitrogens with zero attached hydrogens (tertiary/aromatic N) is 5. The number of aromatic amines is 1. The van der Waals surface area contributed by atoms with E-state index >= 15 is 0 Å². The fourth-order valence-corrected chi connectivity index (χ4v) is 4.93. The molecule has 0 saturated carbocycles. The van der Waals surface area contributed by atoms with Crippen LogP contribution in [0.4, 0.5) is 11.5 Å². The highest BCUT2D eigenvalue weighted by molar-refractivity contribution is 7.71. The summed E-state index contributed by atoms with van der Waals surface area (Å²) in [7, 11) is 2.20. The van der Waals surface area contributed by atoms with Crippen LogP contribution in [0.15, 0.2) is 42.7 Å². The second-order valence-electron chi connectivity index (χ2n) is 8.41. The van der Waals surface area contributed by atoms with E-state index in [1.807, 2.05) is 0 Å². The smallest absolute Gasteiger partial charge is 0.178 e. The molecule has 0 unspecified atom stereocenters. The van der Waals surface area contributed by atoms with Gasteiger partial charge in [0.05, 0.1) is 16.6 Å². The zero-order chi connectivity index (χ0) is 22.1. The molecule has 166 valence electrons. The van der Waals surface area contributed by atoms with Crippen molar-refractivity contribution in [3.63, 3.8) is 0 Å². The predicted octanol–water partition coefficient (Wildman–Crippen LogP) is 4.42. The summed E-state index contributed by atoms with van der Waals surface area (Å²) in [4.78, 5) is 17.3. The van der Waals surface area contributed by atoms with E-state index in [-0.39, 0.29) is 0 Å². The molecule has 1 fully saturated rings. The van der Waals surface area contributed by atoms with E-state index in [1.54, 1.807) is 6.33 Å². The molecule has 3 heterocycles. The van der Waals surface area contributed by atoms with Crippen molar-refractivity contribution in [3.8, 4) is 0 Å². The average molecular weight is 448 g/mol. The molecule has 4 aromatic rings. The number of fused-ring (bicyclic) bond motifs is 2. The predicted molar refractivity (Wildman–Crippen MR) is 134 cm³/mol. The summed E-state index contributed by atoms with van der Waals surface area (Å²) in [6, 6.07) is 12.9. The van der Waals surface area contributed by atoms with Gasteiger partial charge >= 0.3 is 0 Å². The van der Waals surface area contributed by atoms with Crippen molar-refractivity contribution in [2.75, 3.05) is 43.4 Å². The number of para-hydroxylation sites is 1. The van der Waals surface area contributed by atoms with Gasteiger partial charge < -0.3 is 24.7 Å². The number of benzene rings is 2. The van der Waals surface area contributed by atoms with Crippen LogP contribution < -0.4 is 10.2 Å². The Hall–Kier alpha value is -2.97. The third-order valence-corrected chi connectivity index (χ3v) is 6.67. The fourth-order valence-electron chi connectivity index (χ4n) is 4.60. The van der Waals surface area contributed by atoms with Gasteiger partial charge in [-0.25, -0.2) is 9.97 Å². The molecular weight excluding hydrogens is 418 g/mol. The Morgan fingerprint density at radius 3 is 2.84 bits per heavy atom. The summed E-state index contributed by atoms with van der Waals surface area (Å²) in [5.74, 6) is 0.839. The highest BCUT2D eigenvalue weighted by atomic mass is 32.1. The number of rotatable bonds is 5. The topological polar surface area (TPSA) is 65.0 Å². The normalized spacial score (nSPS) is 15.4. The Morgan fingerprint density at radius 2 is 1.97 bits per heavy atom. The minimum absolute atomic E-state index is 0.707. The lowest BCUT2D eigenvalue weighted by Gasteiger charge is -2.25. The molecule has 7 nitrogen and oxygen atoms in total. The Morgan fingerprint density at radius 1 is 1.09 bits per heavy atom. The van der Waals surface area contributed by atoms with Gasteiger partial charge in [-0.05, 0) is 62.9 Å². The quantitative estimate of drug-likeness (QED) is 0.442. The first-order valence-corrected chi connectivity index (χ1v) is 11.7. The Kier molecular flexibility index (Phi) is 5.80. The SMILES string of the molecule is CCn1c(=S)[nH]c2cc3c(NCc4ccccc4N4CCCN(C)CC4)ncnc3cc21. The van der Waals surface area contributed by atoms with Crippen LogP contribution in [0.25, 0.3) is 21.9 Å². The van der Waals surface area contributed by atoms with Gasteiger partial charge in [0, 0.05) is 43.8 Å². The Balaban J connectivity index is 1.45. The monoisotopic (exact) mass is 447 g/mol. The first-order chi connectivity index (χ1) is 15.6. The molecule has 0 radical (unpaired) electrons. The molecule has 2 aromatic heterocycles. The number of likely N-dealkylation sites (N-methyl/N-ethyl adjacent to an activating group) is 1. The standard InChI is InChI=1S/C24H29N7S/c1-3-31-22-14-19-18(13-20(22)28-24(31)32)23(27-16-26-19)25-15-17-7-4-5-8-21(17)30-10-6-9-29(2)11-12-30/h4-5,7-8,13-14,16H,3,6,9-12,15H2,1-2H3,(H,28,32)(H,25,26,27). The molecule has 2 aromatic carbocycles.